The van der Waals surface area contributed by atoms with Gasteiger partial charge in [0, 0.05) is 10.9 Å². The van der Waals surface area contributed by atoms with Crippen molar-refractivity contribution in [2.24, 2.45) is 0 Å². The van der Waals surface area contributed by atoms with Gasteiger partial charge >= 0.3 is 12.1 Å². The summed E-state index contributed by atoms with van der Waals surface area (Å²) < 4.78 is 15.0. The number of amides is 3. The number of hydrogen-bond acceptors (Lipinski definition) is 9. The fourth-order valence-corrected chi connectivity index (χ4v) is 3.29. The standard InChI is InChI=1S/C23H26N4O7S/c1-12(18(28)25-13(2)21(30)33-7)24-19(29)16-11-35-20(26-16)14-8-9-15(17(10-14)32-6)27-22(31)34-23(3,4)5/h8-11H,1-2H2,3-7H3,(H,24,29)(H,25,28)(H,27,31). The smallest absolute Gasteiger partial charge is 0.412 e. The Morgan fingerprint density at radius 2 is 1.71 bits per heavy atom. The van der Waals surface area contributed by atoms with Crippen molar-refractivity contribution >= 4 is 40.9 Å². The first kappa shape index (κ1) is 27.1. The molecule has 12 heteroatoms. The summed E-state index contributed by atoms with van der Waals surface area (Å²) in [6, 6.07) is 4.97. The SMILES string of the molecule is C=C(NC(=O)c1csc(-c2ccc(NC(=O)OC(C)(C)C)c(OC)c2)n1)C(=O)NC(=C)C(=O)OC. The molecule has 0 atom stereocenters. The van der Waals surface area contributed by atoms with Crippen LogP contribution in [0, 0.1) is 0 Å². The summed E-state index contributed by atoms with van der Waals surface area (Å²) in [5.74, 6) is -1.97. The summed E-state index contributed by atoms with van der Waals surface area (Å²) in [5.41, 5.74) is -0.199. The molecule has 0 unspecified atom stereocenters. The van der Waals surface area contributed by atoms with Crippen molar-refractivity contribution in [3.8, 4) is 16.3 Å². The molecule has 186 valence electrons. The first-order valence-electron chi connectivity index (χ1n) is 10.1. The zero-order chi connectivity index (χ0) is 26.3. The van der Waals surface area contributed by atoms with E-state index >= 15 is 0 Å². The van der Waals surface area contributed by atoms with E-state index in [-0.39, 0.29) is 17.1 Å². The van der Waals surface area contributed by atoms with Gasteiger partial charge in [-0.05, 0) is 39.0 Å². The molecular formula is C23H26N4O7S. The number of methoxy groups -OCH3 is 2. The maximum absolute atomic E-state index is 12.5. The lowest BCUT2D eigenvalue weighted by Gasteiger charge is -2.20. The molecule has 11 nitrogen and oxygen atoms in total. The molecule has 0 aliphatic heterocycles. The Morgan fingerprint density at radius 3 is 2.31 bits per heavy atom. The second-order valence-electron chi connectivity index (χ2n) is 7.94. The molecule has 0 spiro atoms. The maximum Gasteiger partial charge on any atom is 0.412 e. The first-order chi connectivity index (χ1) is 16.3. The van der Waals surface area contributed by atoms with Gasteiger partial charge in [0.05, 0.1) is 25.6 Å². The lowest BCUT2D eigenvalue weighted by Crippen LogP contribution is -2.35. The number of hydrogen-bond donors (Lipinski definition) is 3. The Balaban J connectivity index is 2.09. The number of benzene rings is 1. The van der Waals surface area contributed by atoms with E-state index in [4.69, 9.17) is 9.47 Å². The van der Waals surface area contributed by atoms with Crippen LogP contribution < -0.4 is 20.7 Å². The summed E-state index contributed by atoms with van der Waals surface area (Å²) in [6.45, 7) is 12.1. The number of nitrogens with one attached hydrogen (secondary N) is 3. The topological polar surface area (TPSA) is 145 Å². The predicted octanol–water partition coefficient (Wildman–Crippen LogP) is 3.21. The molecule has 1 heterocycles. The van der Waals surface area contributed by atoms with Gasteiger partial charge in [0.25, 0.3) is 11.8 Å². The maximum atomic E-state index is 12.5. The Morgan fingerprint density at radius 1 is 1.03 bits per heavy atom. The van der Waals surface area contributed by atoms with Gasteiger partial charge in [-0.15, -0.1) is 11.3 Å². The van der Waals surface area contributed by atoms with E-state index in [1.807, 2.05) is 0 Å². The number of carbonyl (C=O) groups excluding carboxylic acids is 4. The minimum Gasteiger partial charge on any atom is -0.495 e. The molecule has 35 heavy (non-hydrogen) atoms. The van der Waals surface area contributed by atoms with E-state index in [2.05, 4.69) is 38.8 Å². The third-order valence-corrected chi connectivity index (χ3v) is 4.95. The molecular weight excluding hydrogens is 476 g/mol. The van der Waals surface area contributed by atoms with Crippen LogP contribution in [0.4, 0.5) is 10.5 Å². The van der Waals surface area contributed by atoms with Crippen LogP contribution >= 0.6 is 11.3 Å². The van der Waals surface area contributed by atoms with Crippen LogP contribution in [0.3, 0.4) is 0 Å². The number of ether oxygens (including phenoxy) is 3. The minimum absolute atomic E-state index is 0.0423. The lowest BCUT2D eigenvalue weighted by molar-refractivity contribution is -0.137. The molecule has 2 rings (SSSR count). The van der Waals surface area contributed by atoms with Crippen LogP contribution in [0.2, 0.25) is 0 Å². The summed E-state index contributed by atoms with van der Waals surface area (Å²) in [7, 11) is 2.59. The Hall–Kier alpha value is -4.19. The van der Waals surface area contributed by atoms with E-state index in [0.29, 0.717) is 22.0 Å². The number of esters is 1. The number of nitrogens with zero attached hydrogens (tertiary/aromatic N) is 1. The van der Waals surface area contributed by atoms with Gasteiger partial charge in [-0.3, -0.25) is 14.9 Å². The van der Waals surface area contributed by atoms with Crippen molar-refractivity contribution < 1.29 is 33.4 Å². The Kier molecular flexibility index (Phi) is 8.73. The average molecular weight is 503 g/mol. The van der Waals surface area contributed by atoms with Crippen LogP contribution in [0.1, 0.15) is 31.3 Å². The highest BCUT2D eigenvalue weighted by molar-refractivity contribution is 7.13. The van der Waals surface area contributed by atoms with Gasteiger partial charge in [0.15, 0.2) is 0 Å². The van der Waals surface area contributed by atoms with Crippen molar-refractivity contribution in [1.82, 2.24) is 15.6 Å². The molecule has 3 amide bonds. The highest BCUT2D eigenvalue weighted by atomic mass is 32.1. The second-order valence-corrected chi connectivity index (χ2v) is 8.79. The molecule has 0 radical (unpaired) electrons. The summed E-state index contributed by atoms with van der Waals surface area (Å²) in [6.07, 6.45) is -0.629. The third kappa shape index (κ3) is 7.67. The summed E-state index contributed by atoms with van der Waals surface area (Å²) in [5, 5.41) is 9.10. The first-order valence-corrected chi connectivity index (χ1v) is 10.9. The molecule has 1 aromatic heterocycles. The highest BCUT2D eigenvalue weighted by Crippen LogP contribution is 2.32. The third-order valence-electron chi connectivity index (χ3n) is 4.06. The highest BCUT2D eigenvalue weighted by Gasteiger charge is 2.20. The van der Waals surface area contributed by atoms with E-state index in [9.17, 15) is 19.2 Å². The molecule has 0 aliphatic carbocycles. The van der Waals surface area contributed by atoms with Gasteiger partial charge in [-0.2, -0.15) is 0 Å². The molecule has 1 aromatic carbocycles. The fourth-order valence-electron chi connectivity index (χ4n) is 2.50. The molecule has 0 aliphatic rings. The van der Waals surface area contributed by atoms with Crippen molar-refractivity contribution in [3.63, 3.8) is 0 Å². The van der Waals surface area contributed by atoms with E-state index in [1.54, 1.807) is 39.0 Å². The zero-order valence-electron chi connectivity index (χ0n) is 19.9. The van der Waals surface area contributed by atoms with Crippen LogP contribution in [-0.4, -0.2) is 48.7 Å². The number of rotatable bonds is 8. The molecule has 0 fully saturated rings. The monoisotopic (exact) mass is 502 g/mol. The largest absolute Gasteiger partial charge is 0.495 e. The summed E-state index contributed by atoms with van der Waals surface area (Å²) >= 11 is 1.19. The van der Waals surface area contributed by atoms with Gasteiger partial charge < -0.3 is 24.8 Å². The number of thiazole rings is 1. The Bertz CT molecular complexity index is 1180. The normalized spacial score (nSPS) is 10.5. The van der Waals surface area contributed by atoms with Crippen LogP contribution in [0.15, 0.2) is 48.1 Å². The summed E-state index contributed by atoms with van der Waals surface area (Å²) in [4.78, 5) is 52.2. The minimum atomic E-state index is -0.831. The zero-order valence-corrected chi connectivity index (χ0v) is 20.8. The number of carbonyl (C=O) groups is 4. The molecule has 0 bridgehead atoms. The average Bonchev–Trinajstić information content (AvgIpc) is 3.27. The molecule has 0 saturated carbocycles. The second kappa shape index (κ2) is 11.3. The van der Waals surface area contributed by atoms with E-state index < -0.39 is 29.5 Å². The Labute approximate surface area is 206 Å². The van der Waals surface area contributed by atoms with Crippen LogP contribution in [-0.2, 0) is 19.1 Å². The van der Waals surface area contributed by atoms with Crippen LogP contribution in [0.5, 0.6) is 5.75 Å². The van der Waals surface area contributed by atoms with Crippen molar-refractivity contribution in [2.45, 2.75) is 26.4 Å². The van der Waals surface area contributed by atoms with Crippen LogP contribution in [0.25, 0.3) is 10.6 Å². The fraction of sp³-hybridized carbons (Fsp3) is 0.261. The molecule has 2 aromatic rings. The quantitative estimate of drug-likeness (QED) is 0.369. The van der Waals surface area contributed by atoms with Gasteiger partial charge in [0.1, 0.15) is 27.7 Å². The predicted molar refractivity (Wildman–Crippen MR) is 130 cm³/mol. The van der Waals surface area contributed by atoms with E-state index in [0.717, 1.165) is 7.11 Å². The molecule has 3 N–H and O–H groups in total. The van der Waals surface area contributed by atoms with Crippen molar-refractivity contribution in [1.29, 1.82) is 0 Å². The number of aromatic nitrogens is 1. The van der Waals surface area contributed by atoms with Gasteiger partial charge in [-0.25, -0.2) is 14.6 Å². The van der Waals surface area contributed by atoms with Gasteiger partial charge in [0.2, 0.25) is 0 Å². The van der Waals surface area contributed by atoms with Crippen molar-refractivity contribution in [2.75, 3.05) is 19.5 Å². The lowest BCUT2D eigenvalue weighted by atomic mass is 10.2. The van der Waals surface area contributed by atoms with E-state index in [1.165, 1.54) is 23.8 Å². The van der Waals surface area contributed by atoms with Crippen molar-refractivity contribution in [3.05, 3.63) is 53.8 Å². The number of anilines is 1. The molecule has 0 saturated heterocycles. The van der Waals surface area contributed by atoms with Gasteiger partial charge in [-0.1, -0.05) is 13.2 Å².